The number of aromatic nitrogens is 2. The van der Waals surface area contributed by atoms with Gasteiger partial charge in [0.05, 0.1) is 12.3 Å². The Bertz CT molecular complexity index is 368. The van der Waals surface area contributed by atoms with Crippen LogP contribution >= 0.6 is 11.8 Å². The second kappa shape index (κ2) is 5.92. The van der Waals surface area contributed by atoms with E-state index in [1.165, 1.54) is 4.90 Å². The number of aryl methyl sites for hydroxylation is 1. The molecule has 1 aromatic rings. The van der Waals surface area contributed by atoms with Gasteiger partial charge in [-0.15, -0.1) is 11.8 Å². The molecular formula is C11H18N4S. The van der Waals surface area contributed by atoms with E-state index in [4.69, 9.17) is 11.0 Å². The molecule has 0 fully saturated rings. The maximum atomic E-state index is 8.91. The molecule has 0 saturated carbocycles. The van der Waals surface area contributed by atoms with Crippen molar-refractivity contribution in [1.29, 1.82) is 5.26 Å². The van der Waals surface area contributed by atoms with Crippen molar-refractivity contribution >= 4 is 11.8 Å². The molecule has 1 heterocycles. The van der Waals surface area contributed by atoms with E-state index >= 15 is 0 Å². The second-order valence-electron chi connectivity index (χ2n) is 3.92. The molecule has 1 atom stereocenters. The SMILES string of the molecule is CCC(N)(C#N)CCCSc1cnn(C)c1. The summed E-state index contributed by atoms with van der Waals surface area (Å²) in [6, 6.07) is 2.18. The van der Waals surface area contributed by atoms with Gasteiger partial charge in [-0.3, -0.25) is 4.68 Å². The molecule has 0 saturated heterocycles. The van der Waals surface area contributed by atoms with Gasteiger partial charge in [0.2, 0.25) is 0 Å². The second-order valence-corrected chi connectivity index (χ2v) is 5.09. The van der Waals surface area contributed by atoms with Gasteiger partial charge in [-0.25, -0.2) is 0 Å². The summed E-state index contributed by atoms with van der Waals surface area (Å²) >= 11 is 1.75. The van der Waals surface area contributed by atoms with Crippen molar-refractivity contribution in [2.24, 2.45) is 12.8 Å². The topological polar surface area (TPSA) is 67.6 Å². The zero-order valence-corrected chi connectivity index (χ0v) is 10.6. The summed E-state index contributed by atoms with van der Waals surface area (Å²) in [6.07, 6.45) is 6.26. The molecule has 5 heteroatoms. The Morgan fingerprint density at radius 2 is 2.44 bits per heavy atom. The van der Waals surface area contributed by atoms with Crippen LogP contribution in [-0.4, -0.2) is 21.1 Å². The summed E-state index contributed by atoms with van der Waals surface area (Å²) in [5.41, 5.74) is 5.25. The van der Waals surface area contributed by atoms with Gasteiger partial charge in [-0.05, 0) is 25.0 Å². The number of thioether (sulfide) groups is 1. The van der Waals surface area contributed by atoms with Crippen LogP contribution in [0.3, 0.4) is 0 Å². The van der Waals surface area contributed by atoms with Crippen LogP contribution in [0.2, 0.25) is 0 Å². The van der Waals surface area contributed by atoms with Crippen LogP contribution in [0.5, 0.6) is 0 Å². The van der Waals surface area contributed by atoms with E-state index in [1.807, 2.05) is 26.4 Å². The molecule has 0 spiro atoms. The Hall–Kier alpha value is -0.990. The molecule has 0 bridgehead atoms. The molecule has 0 amide bonds. The van der Waals surface area contributed by atoms with Gasteiger partial charge in [0.25, 0.3) is 0 Å². The van der Waals surface area contributed by atoms with E-state index < -0.39 is 5.54 Å². The Morgan fingerprint density at radius 1 is 1.69 bits per heavy atom. The third kappa shape index (κ3) is 3.87. The number of hydrogen-bond acceptors (Lipinski definition) is 4. The lowest BCUT2D eigenvalue weighted by Gasteiger charge is -2.18. The number of rotatable bonds is 6. The molecule has 0 aliphatic carbocycles. The molecule has 1 rings (SSSR count). The minimum Gasteiger partial charge on any atom is -0.313 e. The van der Waals surface area contributed by atoms with Crippen molar-refractivity contribution in [3.8, 4) is 6.07 Å². The molecule has 0 radical (unpaired) electrons. The molecule has 88 valence electrons. The van der Waals surface area contributed by atoms with Gasteiger partial charge in [0.1, 0.15) is 5.54 Å². The molecule has 2 N–H and O–H groups in total. The fourth-order valence-electron chi connectivity index (χ4n) is 1.36. The van der Waals surface area contributed by atoms with Gasteiger partial charge < -0.3 is 5.73 Å². The normalized spacial score (nSPS) is 14.4. The number of nitriles is 1. The highest BCUT2D eigenvalue weighted by Crippen LogP contribution is 2.20. The third-order valence-corrected chi connectivity index (χ3v) is 3.61. The predicted molar refractivity (Wildman–Crippen MR) is 66.0 cm³/mol. The highest BCUT2D eigenvalue weighted by atomic mass is 32.2. The Kier molecular flexibility index (Phi) is 4.84. The molecule has 0 aromatic carbocycles. The van der Waals surface area contributed by atoms with E-state index in [-0.39, 0.29) is 0 Å². The Morgan fingerprint density at radius 3 is 2.94 bits per heavy atom. The Balaban J connectivity index is 2.24. The van der Waals surface area contributed by atoms with Gasteiger partial charge >= 0.3 is 0 Å². The number of nitrogens with two attached hydrogens (primary N) is 1. The number of hydrogen-bond donors (Lipinski definition) is 1. The highest BCUT2D eigenvalue weighted by Gasteiger charge is 2.20. The van der Waals surface area contributed by atoms with Crippen LogP contribution < -0.4 is 5.73 Å². The minimum absolute atomic E-state index is 0.643. The van der Waals surface area contributed by atoms with Crippen molar-refractivity contribution in [1.82, 2.24) is 9.78 Å². The van der Waals surface area contributed by atoms with Crippen LogP contribution in [-0.2, 0) is 7.05 Å². The van der Waals surface area contributed by atoms with E-state index in [9.17, 15) is 0 Å². The van der Waals surface area contributed by atoms with Crippen LogP contribution in [0.1, 0.15) is 26.2 Å². The summed E-state index contributed by atoms with van der Waals surface area (Å²) in [7, 11) is 1.90. The standard InChI is InChI=1S/C11H18N4S/c1-3-11(13,9-12)5-4-6-16-10-7-14-15(2)8-10/h7-8H,3-6,13H2,1-2H3. The van der Waals surface area contributed by atoms with Crippen molar-refractivity contribution in [3.05, 3.63) is 12.4 Å². The van der Waals surface area contributed by atoms with E-state index in [0.29, 0.717) is 6.42 Å². The lowest BCUT2D eigenvalue weighted by atomic mass is 9.94. The first-order valence-electron chi connectivity index (χ1n) is 5.41. The van der Waals surface area contributed by atoms with E-state index in [2.05, 4.69) is 11.2 Å². The van der Waals surface area contributed by atoms with E-state index in [0.717, 1.165) is 18.6 Å². The van der Waals surface area contributed by atoms with E-state index in [1.54, 1.807) is 16.4 Å². The molecule has 4 nitrogen and oxygen atoms in total. The quantitative estimate of drug-likeness (QED) is 0.607. The first-order valence-corrected chi connectivity index (χ1v) is 6.40. The van der Waals surface area contributed by atoms with Gasteiger partial charge in [0, 0.05) is 18.1 Å². The lowest BCUT2D eigenvalue weighted by molar-refractivity contribution is 0.478. The average Bonchev–Trinajstić information content (AvgIpc) is 2.70. The Labute approximate surface area is 101 Å². The smallest absolute Gasteiger partial charge is 0.104 e. The monoisotopic (exact) mass is 238 g/mol. The number of nitrogens with zero attached hydrogens (tertiary/aromatic N) is 3. The van der Waals surface area contributed by atoms with Crippen LogP contribution in [0.4, 0.5) is 0 Å². The first-order chi connectivity index (χ1) is 7.59. The van der Waals surface area contributed by atoms with Gasteiger partial charge in [-0.2, -0.15) is 10.4 Å². The van der Waals surface area contributed by atoms with Crippen molar-refractivity contribution in [2.75, 3.05) is 5.75 Å². The summed E-state index contributed by atoms with van der Waals surface area (Å²) < 4.78 is 1.79. The molecule has 16 heavy (non-hydrogen) atoms. The molecule has 1 aromatic heterocycles. The predicted octanol–water partition coefficient (Wildman–Crippen LogP) is 1.92. The first kappa shape index (κ1) is 13.1. The third-order valence-electron chi connectivity index (χ3n) is 2.57. The van der Waals surface area contributed by atoms with Gasteiger partial charge in [-0.1, -0.05) is 6.92 Å². The molecular weight excluding hydrogens is 220 g/mol. The molecule has 0 aliphatic rings. The summed E-state index contributed by atoms with van der Waals surface area (Å²) in [5.74, 6) is 0.978. The van der Waals surface area contributed by atoms with Crippen molar-refractivity contribution in [2.45, 2.75) is 36.6 Å². The maximum Gasteiger partial charge on any atom is 0.104 e. The molecule has 1 unspecified atom stereocenters. The van der Waals surface area contributed by atoms with Crippen molar-refractivity contribution < 1.29 is 0 Å². The molecule has 0 aliphatic heterocycles. The largest absolute Gasteiger partial charge is 0.313 e. The van der Waals surface area contributed by atoms with Crippen LogP contribution in [0, 0.1) is 11.3 Å². The summed E-state index contributed by atoms with van der Waals surface area (Å²) in [4.78, 5) is 1.17. The fraction of sp³-hybridized carbons (Fsp3) is 0.636. The fourth-order valence-corrected chi connectivity index (χ4v) is 2.24. The average molecular weight is 238 g/mol. The summed E-state index contributed by atoms with van der Waals surface area (Å²) in [5, 5.41) is 13.0. The highest BCUT2D eigenvalue weighted by molar-refractivity contribution is 7.99. The van der Waals surface area contributed by atoms with Crippen LogP contribution in [0.15, 0.2) is 17.3 Å². The minimum atomic E-state index is -0.643. The maximum absolute atomic E-state index is 8.91. The zero-order chi connectivity index (χ0) is 12.0. The van der Waals surface area contributed by atoms with Gasteiger partial charge in [0.15, 0.2) is 0 Å². The van der Waals surface area contributed by atoms with Crippen molar-refractivity contribution in [3.63, 3.8) is 0 Å². The summed E-state index contributed by atoms with van der Waals surface area (Å²) in [6.45, 7) is 1.96. The lowest BCUT2D eigenvalue weighted by Crippen LogP contribution is -2.37. The van der Waals surface area contributed by atoms with Crippen LogP contribution in [0.25, 0.3) is 0 Å². The zero-order valence-electron chi connectivity index (χ0n) is 9.81.